The summed E-state index contributed by atoms with van der Waals surface area (Å²) in [6.45, 7) is 3.20. The van der Waals surface area contributed by atoms with Crippen LogP contribution in [-0.4, -0.2) is 48.3 Å². The van der Waals surface area contributed by atoms with E-state index in [1.54, 1.807) is 25.9 Å². The van der Waals surface area contributed by atoms with Gasteiger partial charge in [-0.2, -0.15) is 4.98 Å². The molecule has 1 aromatic heterocycles. The molecular formula is C19H26N4O3. The third-order valence-corrected chi connectivity index (χ3v) is 4.71. The molecule has 26 heavy (non-hydrogen) atoms. The van der Waals surface area contributed by atoms with Crippen LogP contribution in [0.25, 0.3) is 0 Å². The van der Waals surface area contributed by atoms with Crippen LogP contribution in [0.15, 0.2) is 34.9 Å². The number of benzene rings is 1. The normalized spacial score (nSPS) is 17.7. The largest absolute Gasteiger partial charge is 0.381 e. The molecule has 1 fully saturated rings. The second-order valence-corrected chi connectivity index (χ2v) is 6.85. The number of hydrogen-bond acceptors (Lipinski definition) is 6. The molecule has 7 nitrogen and oxygen atoms in total. The molecule has 2 atom stereocenters. The molecule has 1 aliphatic heterocycles. The maximum Gasteiger partial charge on any atom is 0.244 e. The number of hydrogen-bond donors (Lipinski definition) is 1. The Morgan fingerprint density at radius 1 is 1.23 bits per heavy atom. The van der Waals surface area contributed by atoms with Gasteiger partial charge in [0.1, 0.15) is 6.04 Å². The highest BCUT2D eigenvalue weighted by molar-refractivity contribution is 5.82. The Balaban J connectivity index is 1.92. The molecule has 0 spiro atoms. The summed E-state index contributed by atoms with van der Waals surface area (Å²) < 4.78 is 11.0. The first kappa shape index (κ1) is 18.5. The van der Waals surface area contributed by atoms with Crippen LogP contribution in [0.3, 0.4) is 0 Å². The van der Waals surface area contributed by atoms with Gasteiger partial charge in [-0.05, 0) is 31.2 Å². The number of likely N-dealkylation sites (N-methyl/N-ethyl adjacent to an activating group) is 1. The molecule has 140 valence electrons. The minimum atomic E-state index is -0.480. The first-order valence-electron chi connectivity index (χ1n) is 8.96. The highest BCUT2D eigenvalue weighted by Crippen LogP contribution is 2.32. The van der Waals surface area contributed by atoms with E-state index in [0.29, 0.717) is 24.9 Å². The molecule has 1 saturated heterocycles. The number of rotatable bonds is 6. The predicted octanol–water partition coefficient (Wildman–Crippen LogP) is 2.26. The van der Waals surface area contributed by atoms with E-state index in [9.17, 15) is 4.79 Å². The summed E-state index contributed by atoms with van der Waals surface area (Å²) in [5.74, 6) is 1.38. The molecule has 0 aliphatic carbocycles. The first-order chi connectivity index (χ1) is 12.6. The number of nitrogens with one attached hydrogen (secondary N) is 1. The van der Waals surface area contributed by atoms with Gasteiger partial charge in [0.05, 0.1) is 6.04 Å². The van der Waals surface area contributed by atoms with E-state index in [-0.39, 0.29) is 17.9 Å². The lowest BCUT2D eigenvalue weighted by atomic mass is 9.90. The summed E-state index contributed by atoms with van der Waals surface area (Å²) >= 11 is 0. The van der Waals surface area contributed by atoms with Crippen molar-refractivity contribution >= 4 is 5.91 Å². The van der Waals surface area contributed by atoms with Crippen molar-refractivity contribution in [3.8, 4) is 0 Å². The molecule has 0 radical (unpaired) electrons. The standard InChI is InChI=1S/C19H26N4O3/c1-13-20-18(26-22-13)16(15-9-11-25-12-10-15)21-17(19(24)23(2)3)14-7-5-4-6-8-14/h4-8,15-17,21H,9-12H2,1-3H3/t16-,17+/m0/s1. The van der Waals surface area contributed by atoms with Gasteiger partial charge < -0.3 is 14.2 Å². The van der Waals surface area contributed by atoms with Gasteiger partial charge >= 0.3 is 0 Å². The zero-order valence-corrected chi connectivity index (χ0v) is 15.5. The number of carbonyl (C=O) groups excluding carboxylic acids is 1. The zero-order valence-electron chi connectivity index (χ0n) is 15.5. The Kier molecular flexibility index (Phi) is 6.00. The average Bonchev–Trinajstić information content (AvgIpc) is 3.09. The molecule has 2 heterocycles. The van der Waals surface area contributed by atoms with Crippen LogP contribution in [0.1, 0.15) is 42.2 Å². The number of aromatic nitrogens is 2. The second-order valence-electron chi connectivity index (χ2n) is 6.85. The van der Waals surface area contributed by atoms with Crippen LogP contribution in [-0.2, 0) is 9.53 Å². The number of carbonyl (C=O) groups is 1. The zero-order chi connectivity index (χ0) is 18.5. The van der Waals surface area contributed by atoms with Gasteiger partial charge in [-0.3, -0.25) is 10.1 Å². The monoisotopic (exact) mass is 358 g/mol. The molecule has 1 N–H and O–H groups in total. The number of nitrogens with zero attached hydrogens (tertiary/aromatic N) is 3. The lowest BCUT2D eigenvalue weighted by molar-refractivity contribution is -0.131. The Morgan fingerprint density at radius 3 is 2.50 bits per heavy atom. The van der Waals surface area contributed by atoms with E-state index in [1.807, 2.05) is 30.3 Å². The van der Waals surface area contributed by atoms with Crippen LogP contribution < -0.4 is 5.32 Å². The van der Waals surface area contributed by atoms with Crippen LogP contribution in [0.5, 0.6) is 0 Å². The van der Waals surface area contributed by atoms with Gasteiger partial charge in [-0.15, -0.1) is 0 Å². The van der Waals surface area contributed by atoms with Gasteiger partial charge in [0, 0.05) is 27.3 Å². The van der Waals surface area contributed by atoms with E-state index in [4.69, 9.17) is 9.26 Å². The predicted molar refractivity (Wildman–Crippen MR) is 96.3 cm³/mol. The Bertz CT molecular complexity index is 711. The summed E-state index contributed by atoms with van der Waals surface area (Å²) in [6.07, 6.45) is 1.77. The van der Waals surface area contributed by atoms with Crippen molar-refractivity contribution < 1.29 is 14.1 Å². The molecule has 3 rings (SSSR count). The fraction of sp³-hybridized carbons (Fsp3) is 0.526. The van der Waals surface area contributed by atoms with E-state index >= 15 is 0 Å². The SMILES string of the molecule is Cc1noc([C@@H](N[C@@H](C(=O)N(C)C)c2ccccc2)C2CCOCC2)n1. The van der Waals surface area contributed by atoms with Crippen molar-refractivity contribution in [1.82, 2.24) is 20.4 Å². The van der Waals surface area contributed by atoms with Crippen molar-refractivity contribution in [1.29, 1.82) is 0 Å². The number of amides is 1. The lowest BCUT2D eigenvalue weighted by Gasteiger charge is -2.32. The minimum Gasteiger partial charge on any atom is -0.381 e. The smallest absolute Gasteiger partial charge is 0.244 e. The summed E-state index contributed by atoms with van der Waals surface area (Å²) in [4.78, 5) is 18.9. The molecule has 7 heteroatoms. The van der Waals surface area contributed by atoms with Crippen molar-refractivity contribution in [2.75, 3.05) is 27.3 Å². The Morgan fingerprint density at radius 2 is 1.92 bits per heavy atom. The Hall–Kier alpha value is -2.25. The molecule has 2 aromatic rings. The van der Waals surface area contributed by atoms with Crippen LogP contribution in [0.4, 0.5) is 0 Å². The van der Waals surface area contributed by atoms with Crippen molar-refractivity contribution in [3.63, 3.8) is 0 Å². The fourth-order valence-corrected chi connectivity index (χ4v) is 3.29. The Labute approximate surface area is 153 Å². The molecule has 0 saturated carbocycles. The lowest BCUT2D eigenvalue weighted by Crippen LogP contribution is -2.42. The maximum atomic E-state index is 12.9. The van der Waals surface area contributed by atoms with Crippen LogP contribution in [0, 0.1) is 12.8 Å². The molecule has 1 aromatic carbocycles. The minimum absolute atomic E-state index is 0.00973. The third kappa shape index (κ3) is 4.28. The summed E-state index contributed by atoms with van der Waals surface area (Å²) in [5.41, 5.74) is 0.916. The van der Waals surface area contributed by atoms with Crippen LogP contribution in [0.2, 0.25) is 0 Å². The van der Waals surface area contributed by atoms with Crippen LogP contribution >= 0.6 is 0 Å². The highest BCUT2D eigenvalue weighted by Gasteiger charge is 2.34. The summed E-state index contributed by atoms with van der Waals surface area (Å²) in [6, 6.07) is 9.05. The summed E-state index contributed by atoms with van der Waals surface area (Å²) in [7, 11) is 3.53. The van der Waals surface area contributed by atoms with E-state index in [0.717, 1.165) is 18.4 Å². The molecule has 0 bridgehead atoms. The topological polar surface area (TPSA) is 80.5 Å². The summed E-state index contributed by atoms with van der Waals surface area (Å²) in [5, 5.41) is 7.45. The van der Waals surface area contributed by atoms with E-state index < -0.39 is 6.04 Å². The second kappa shape index (κ2) is 8.42. The molecule has 0 unspecified atom stereocenters. The van der Waals surface area contributed by atoms with Crippen molar-refractivity contribution in [2.24, 2.45) is 5.92 Å². The number of aryl methyl sites for hydroxylation is 1. The van der Waals surface area contributed by atoms with Crippen molar-refractivity contribution in [2.45, 2.75) is 31.8 Å². The quantitative estimate of drug-likeness (QED) is 0.853. The van der Waals surface area contributed by atoms with Gasteiger partial charge in [0.15, 0.2) is 5.82 Å². The molecule has 1 aliphatic rings. The highest BCUT2D eigenvalue weighted by atomic mass is 16.5. The molecule has 1 amide bonds. The van der Waals surface area contributed by atoms with Crippen molar-refractivity contribution in [3.05, 3.63) is 47.6 Å². The van der Waals surface area contributed by atoms with Gasteiger partial charge in [-0.1, -0.05) is 35.5 Å². The average molecular weight is 358 g/mol. The fourth-order valence-electron chi connectivity index (χ4n) is 3.29. The van der Waals surface area contributed by atoms with Gasteiger partial charge in [-0.25, -0.2) is 0 Å². The van der Waals surface area contributed by atoms with Gasteiger partial charge in [0.25, 0.3) is 0 Å². The number of ether oxygens (including phenoxy) is 1. The molecular weight excluding hydrogens is 332 g/mol. The maximum absolute atomic E-state index is 12.9. The van der Waals surface area contributed by atoms with E-state index in [1.165, 1.54) is 0 Å². The van der Waals surface area contributed by atoms with Gasteiger partial charge in [0.2, 0.25) is 11.8 Å². The third-order valence-electron chi connectivity index (χ3n) is 4.71. The first-order valence-corrected chi connectivity index (χ1v) is 8.96. The van der Waals surface area contributed by atoms with E-state index in [2.05, 4.69) is 15.5 Å².